The Morgan fingerprint density at radius 2 is 1.83 bits per heavy atom. The molecule has 3 aliphatic rings. The third-order valence-electron chi connectivity index (χ3n) is 8.85. The standard InChI is InChI=1S/C32H35Cl2N3O4/c1-3-21-11-12-22-23(30(39)28(21)32(2)14-13-27(38)35-31(32)40)7-4-10-26(22)41-20-6-15-36-16-18-37(19-17-36)25-9-5-8-24(33)29(25)34/h1,4-5,7-10,21,28H,6,11-20H2,2H3,(H,35,38,40)/t21?,28?,32-/m1/s1. The number of imide groups is 1. The zero-order valence-corrected chi connectivity index (χ0v) is 24.8. The highest BCUT2D eigenvalue weighted by Gasteiger charge is 2.52. The summed E-state index contributed by atoms with van der Waals surface area (Å²) in [5, 5.41) is 3.59. The van der Waals surface area contributed by atoms with E-state index in [4.69, 9.17) is 34.4 Å². The van der Waals surface area contributed by atoms with E-state index in [1.807, 2.05) is 24.3 Å². The Morgan fingerprint density at radius 3 is 2.56 bits per heavy atom. The minimum atomic E-state index is -1.04. The van der Waals surface area contributed by atoms with E-state index in [1.54, 1.807) is 19.1 Å². The van der Waals surface area contributed by atoms with Gasteiger partial charge in [0.05, 0.1) is 33.7 Å². The molecule has 0 aromatic heterocycles. The SMILES string of the molecule is C#CC1CCc2c(OCCCN3CCN(c4cccc(Cl)c4Cl)CC3)cccc2C(=O)C1[C@@]1(C)CCC(=O)NC1=O. The summed E-state index contributed by atoms with van der Waals surface area (Å²) in [6.45, 7) is 6.77. The first-order valence-electron chi connectivity index (χ1n) is 14.2. The number of anilines is 1. The number of ether oxygens (including phenoxy) is 1. The number of hydrogen-bond donors (Lipinski definition) is 1. The lowest BCUT2D eigenvalue weighted by atomic mass is 9.63. The van der Waals surface area contributed by atoms with E-state index in [0.29, 0.717) is 47.2 Å². The average Bonchev–Trinajstić information content (AvgIpc) is 3.12. The molecule has 2 saturated heterocycles. The van der Waals surface area contributed by atoms with Crippen LogP contribution in [0.2, 0.25) is 10.0 Å². The van der Waals surface area contributed by atoms with Gasteiger partial charge in [-0.05, 0) is 50.8 Å². The second-order valence-corrected chi connectivity index (χ2v) is 12.1. The Hall–Kier alpha value is -3.05. The number of ketones is 1. The molecule has 9 heteroatoms. The van der Waals surface area contributed by atoms with E-state index < -0.39 is 23.2 Å². The van der Waals surface area contributed by atoms with Crippen LogP contribution >= 0.6 is 23.2 Å². The Labute approximate surface area is 251 Å². The molecule has 2 heterocycles. The van der Waals surface area contributed by atoms with Crippen LogP contribution < -0.4 is 15.0 Å². The highest BCUT2D eigenvalue weighted by Crippen LogP contribution is 2.46. The maximum Gasteiger partial charge on any atom is 0.233 e. The lowest BCUT2D eigenvalue weighted by molar-refractivity contribution is -0.143. The van der Waals surface area contributed by atoms with Gasteiger partial charge in [-0.25, -0.2) is 0 Å². The molecule has 1 N–H and O–H groups in total. The fourth-order valence-electron chi connectivity index (χ4n) is 6.45. The summed E-state index contributed by atoms with van der Waals surface area (Å²) in [4.78, 5) is 43.4. The van der Waals surface area contributed by atoms with Gasteiger partial charge in [0.25, 0.3) is 0 Å². The first kappa shape index (κ1) is 29.4. The number of carbonyl (C=O) groups is 3. The molecule has 2 fully saturated rings. The number of halogens is 2. The Bertz CT molecular complexity index is 1380. The predicted molar refractivity (Wildman–Crippen MR) is 161 cm³/mol. The van der Waals surface area contributed by atoms with Crippen LogP contribution in [0, 0.1) is 29.6 Å². The van der Waals surface area contributed by atoms with Crippen molar-refractivity contribution in [1.82, 2.24) is 10.2 Å². The number of benzene rings is 2. The van der Waals surface area contributed by atoms with Crippen molar-refractivity contribution < 1.29 is 19.1 Å². The van der Waals surface area contributed by atoms with E-state index in [1.165, 1.54) is 0 Å². The molecule has 3 atom stereocenters. The third-order valence-corrected chi connectivity index (χ3v) is 9.66. The summed E-state index contributed by atoms with van der Waals surface area (Å²) in [5.41, 5.74) is 1.35. The van der Waals surface area contributed by atoms with Gasteiger partial charge in [-0.3, -0.25) is 24.6 Å². The summed E-state index contributed by atoms with van der Waals surface area (Å²) < 4.78 is 6.23. The molecule has 2 amide bonds. The Morgan fingerprint density at radius 1 is 1.07 bits per heavy atom. The van der Waals surface area contributed by atoms with E-state index >= 15 is 0 Å². The van der Waals surface area contributed by atoms with E-state index in [9.17, 15) is 14.4 Å². The molecular formula is C32H35Cl2N3O4. The van der Waals surface area contributed by atoms with Crippen molar-refractivity contribution in [2.75, 3.05) is 44.2 Å². The number of rotatable bonds is 7. The van der Waals surface area contributed by atoms with Crippen molar-refractivity contribution in [1.29, 1.82) is 0 Å². The summed E-state index contributed by atoms with van der Waals surface area (Å²) >= 11 is 12.6. The number of nitrogens with one attached hydrogen (secondary N) is 1. The second kappa shape index (κ2) is 12.4. The van der Waals surface area contributed by atoms with Crippen LogP contribution in [0.1, 0.15) is 48.5 Å². The number of carbonyl (C=O) groups excluding carboxylic acids is 3. The minimum absolute atomic E-state index is 0.143. The maximum absolute atomic E-state index is 14.0. The van der Waals surface area contributed by atoms with Crippen LogP contribution in [0.4, 0.5) is 5.69 Å². The summed E-state index contributed by atoms with van der Waals surface area (Å²) in [7, 11) is 0. The van der Waals surface area contributed by atoms with Crippen LogP contribution in [0.5, 0.6) is 5.75 Å². The molecule has 0 radical (unpaired) electrons. The molecular weight excluding hydrogens is 561 g/mol. The fraction of sp³-hybridized carbons (Fsp3) is 0.469. The number of terminal acetylenes is 1. The summed E-state index contributed by atoms with van der Waals surface area (Å²) in [6.07, 6.45) is 8.41. The molecule has 2 aliphatic heterocycles. The van der Waals surface area contributed by atoms with Gasteiger partial charge >= 0.3 is 0 Å². The van der Waals surface area contributed by atoms with Crippen LogP contribution in [0.25, 0.3) is 0 Å². The second-order valence-electron chi connectivity index (χ2n) is 11.3. The number of nitrogens with zero attached hydrogens (tertiary/aromatic N) is 2. The monoisotopic (exact) mass is 595 g/mol. The van der Waals surface area contributed by atoms with Crippen LogP contribution in [-0.2, 0) is 16.0 Å². The van der Waals surface area contributed by atoms with Crippen molar-refractivity contribution >= 4 is 46.5 Å². The van der Waals surface area contributed by atoms with Crippen molar-refractivity contribution in [2.45, 2.75) is 39.0 Å². The Balaban J connectivity index is 1.20. The maximum atomic E-state index is 14.0. The normalized spacial score (nSPS) is 25.2. The van der Waals surface area contributed by atoms with Gasteiger partial charge in [0.2, 0.25) is 11.8 Å². The molecule has 1 aliphatic carbocycles. The van der Waals surface area contributed by atoms with Crippen molar-refractivity contribution in [3.05, 3.63) is 57.6 Å². The number of amides is 2. The van der Waals surface area contributed by atoms with Gasteiger partial charge in [-0.15, -0.1) is 12.3 Å². The molecule has 0 bridgehead atoms. The lowest BCUT2D eigenvalue weighted by Crippen LogP contribution is -2.54. The predicted octanol–water partition coefficient (Wildman–Crippen LogP) is 5.02. The highest BCUT2D eigenvalue weighted by atomic mass is 35.5. The fourth-order valence-corrected chi connectivity index (χ4v) is 6.87. The van der Waals surface area contributed by atoms with Crippen LogP contribution in [0.15, 0.2) is 36.4 Å². The number of hydrogen-bond acceptors (Lipinski definition) is 6. The molecule has 7 nitrogen and oxygen atoms in total. The van der Waals surface area contributed by atoms with Gasteiger partial charge in [-0.1, -0.05) is 41.4 Å². The summed E-state index contributed by atoms with van der Waals surface area (Å²) in [5.74, 6) is 1.51. The molecule has 0 spiro atoms. The lowest BCUT2D eigenvalue weighted by Gasteiger charge is -2.39. The van der Waals surface area contributed by atoms with Gasteiger partial charge < -0.3 is 9.64 Å². The van der Waals surface area contributed by atoms with E-state index in [0.717, 1.165) is 50.4 Å². The molecule has 5 rings (SSSR count). The molecule has 2 aromatic rings. The molecule has 0 saturated carbocycles. The quantitative estimate of drug-likeness (QED) is 0.209. The van der Waals surface area contributed by atoms with Crippen LogP contribution in [0.3, 0.4) is 0 Å². The highest BCUT2D eigenvalue weighted by molar-refractivity contribution is 6.43. The van der Waals surface area contributed by atoms with E-state index in [-0.39, 0.29) is 18.1 Å². The largest absolute Gasteiger partial charge is 0.493 e. The first-order valence-corrected chi connectivity index (χ1v) is 15.0. The van der Waals surface area contributed by atoms with Gasteiger partial charge in [0, 0.05) is 56.2 Å². The number of Topliss-reactive ketones (excluding diaryl/α,β-unsaturated/α-hetero) is 1. The molecule has 41 heavy (non-hydrogen) atoms. The Kier molecular flexibility index (Phi) is 8.94. The van der Waals surface area contributed by atoms with Gasteiger partial charge in [0.15, 0.2) is 5.78 Å². The van der Waals surface area contributed by atoms with Crippen molar-refractivity contribution in [3.8, 4) is 18.1 Å². The van der Waals surface area contributed by atoms with Gasteiger partial charge in [-0.2, -0.15) is 0 Å². The van der Waals surface area contributed by atoms with E-state index in [2.05, 4.69) is 21.0 Å². The summed E-state index contributed by atoms with van der Waals surface area (Å²) in [6, 6.07) is 11.3. The topological polar surface area (TPSA) is 79.0 Å². The average molecular weight is 597 g/mol. The molecule has 2 unspecified atom stereocenters. The van der Waals surface area contributed by atoms with Crippen molar-refractivity contribution in [3.63, 3.8) is 0 Å². The molecule has 216 valence electrons. The van der Waals surface area contributed by atoms with Gasteiger partial charge in [0.1, 0.15) is 5.75 Å². The zero-order valence-electron chi connectivity index (χ0n) is 23.3. The number of fused-ring (bicyclic) bond motifs is 1. The van der Waals surface area contributed by atoms with Crippen molar-refractivity contribution in [2.24, 2.45) is 17.3 Å². The first-order chi connectivity index (χ1) is 19.7. The van der Waals surface area contributed by atoms with Crippen LogP contribution in [-0.4, -0.2) is 61.8 Å². The third kappa shape index (κ3) is 5.97. The zero-order chi connectivity index (χ0) is 29.1. The number of piperazine rings is 1. The molecule has 2 aromatic carbocycles. The number of piperidine rings is 1. The minimum Gasteiger partial charge on any atom is -0.493 e. The smallest absolute Gasteiger partial charge is 0.233 e.